The molecule has 1 unspecified atom stereocenters. The fourth-order valence-electron chi connectivity index (χ4n) is 1.84. The van der Waals surface area contributed by atoms with Crippen molar-refractivity contribution in [3.8, 4) is 0 Å². The highest BCUT2D eigenvalue weighted by Gasteiger charge is 2.26. The molecule has 1 heterocycles. The first-order valence-electron chi connectivity index (χ1n) is 6.08. The van der Waals surface area contributed by atoms with E-state index in [0.29, 0.717) is 0 Å². The van der Waals surface area contributed by atoms with Gasteiger partial charge in [-0.05, 0) is 12.1 Å². The van der Waals surface area contributed by atoms with Gasteiger partial charge in [-0.2, -0.15) is 0 Å². The Morgan fingerprint density at radius 1 is 1.40 bits per heavy atom. The van der Waals surface area contributed by atoms with E-state index in [-0.39, 0.29) is 36.8 Å². The summed E-state index contributed by atoms with van der Waals surface area (Å²) in [7, 11) is 1.65. The van der Waals surface area contributed by atoms with E-state index in [1.807, 2.05) is 30.3 Å². The summed E-state index contributed by atoms with van der Waals surface area (Å²) in [5.74, 6) is 1.34. The third-order valence-corrected chi connectivity index (χ3v) is 3.77. The summed E-state index contributed by atoms with van der Waals surface area (Å²) in [5, 5.41) is 5.86. The molecule has 0 aromatic heterocycles. The molecule has 0 aliphatic carbocycles. The number of carbonyl (C=O) groups is 2. The number of nitrogens with one attached hydrogen (secondary N) is 2. The number of nitrogens with zero attached hydrogens (tertiary/aromatic N) is 1. The summed E-state index contributed by atoms with van der Waals surface area (Å²) < 4.78 is 0. The number of para-hydroxylation sites is 1. The van der Waals surface area contributed by atoms with Crippen molar-refractivity contribution >= 4 is 41.7 Å². The Morgan fingerprint density at radius 2 is 2.10 bits per heavy atom. The minimum absolute atomic E-state index is 0. The molecule has 0 saturated carbocycles. The molecule has 1 aromatic carbocycles. The second kappa shape index (κ2) is 8.14. The molecular weight excluding hydrogens is 298 g/mol. The molecule has 20 heavy (non-hydrogen) atoms. The number of rotatable bonds is 4. The monoisotopic (exact) mass is 315 g/mol. The molecule has 1 atom stereocenters. The number of likely N-dealkylation sites (N-methyl/N-ethyl adjacent to an activating group) is 1. The Kier molecular flexibility index (Phi) is 6.84. The smallest absolute Gasteiger partial charge is 0.243 e. The molecule has 110 valence electrons. The molecule has 5 nitrogen and oxygen atoms in total. The van der Waals surface area contributed by atoms with Crippen molar-refractivity contribution in [3.05, 3.63) is 30.3 Å². The molecule has 1 aliphatic rings. The minimum Gasteiger partial charge on any atom is -0.335 e. The second-order valence-electron chi connectivity index (χ2n) is 4.38. The fourth-order valence-corrected chi connectivity index (χ4v) is 2.77. The van der Waals surface area contributed by atoms with Gasteiger partial charge in [0, 0.05) is 24.4 Å². The van der Waals surface area contributed by atoms with Gasteiger partial charge >= 0.3 is 0 Å². The number of halogens is 1. The Morgan fingerprint density at radius 3 is 2.70 bits per heavy atom. The van der Waals surface area contributed by atoms with Crippen molar-refractivity contribution in [3.63, 3.8) is 0 Å². The molecule has 1 saturated heterocycles. The molecule has 2 rings (SSSR count). The summed E-state index contributed by atoms with van der Waals surface area (Å²) in [5.41, 5.74) is 0.739. The van der Waals surface area contributed by atoms with Gasteiger partial charge in [0.25, 0.3) is 0 Å². The number of hydrogen-bond donors (Lipinski definition) is 2. The molecule has 7 heteroatoms. The average molecular weight is 316 g/mol. The highest BCUT2D eigenvalue weighted by Crippen LogP contribution is 2.11. The quantitative estimate of drug-likeness (QED) is 0.875. The standard InChI is InChI=1S/C13H17N3O2S.ClH/c1-16(13(18)11-8-19-9-14-11)7-12(17)15-10-5-3-2-4-6-10;/h2-6,11,14H,7-9H2,1H3,(H,15,17);1H. The van der Waals surface area contributed by atoms with Gasteiger partial charge in [-0.15, -0.1) is 24.2 Å². The van der Waals surface area contributed by atoms with E-state index in [1.54, 1.807) is 18.8 Å². The number of thioether (sulfide) groups is 1. The largest absolute Gasteiger partial charge is 0.335 e. The number of benzene rings is 1. The Hall–Kier alpha value is -1.24. The zero-order chi connectivity index (χ0) is 13.7. The first-order valence-corrected chi connectivity index (χ1v) is 7.23. The van der Waals surface area contributed by atoms with Crippen LogP contribution in [0.15, 0.2) is 30.3 Å². The van der Waals surface area contributed by atoms with Crippen LogP contribution in [0.1, 0.15) is 0 Å². The Balaban J connectivity index is 0.00000200. The van der Waals surface area contributed by atoms with E-state index in [2.05, 4.69) is 10.6 Å². The average Bonchev–Trinajstić information content (AvgIpc) is 2.92. The molecule has 0 spiro atoms. The van der Waals surface area contributed by atoms with Gasteiger partial charge in [0.1, 0.15) is 0 Å². The van der Waals surface area contributed by atoms with Crippen LogP contribution in [0.25, 0.3) is 0 Å². The van der Waals surface area contributed by atoms with Crippen molar-refractivity contribution < 1.29 is 9.59 Å². The summed E-state index contributed by atoms with van der Waals surface area (Å²) in [6, 6.07) is 9.05. The van der Waals surface area contributed by atoms with Crippen LogP contribution in [0.4, 0.5) is 5.69 Å². The zero-order valence-electron chi connectivity index (χ0n) is 11.2. The highest BCUT2D eigenvalue weighted by molar-refractivity contribution is 7.99. The van der Waals surface area contributed by atoms with E-state index in [9.17, 15) is 9.59 Å². The van der Waals surface area contributed by atoms with E-state index >= 15 is 0 Å². The summed E-state index contributed by atoms with van der Waals surface area (Å²) in [6.07, 6.45) is 0. The van der Waals surface area contributed by atoms with E-state index < -0.39 is 0 Å². The van der Waals surface area contributed by atoms with Crippen molar-refractivity contribution in [1.82, 2.24) is 10.2 Å². The second-order valence-corrected chi connectivity index (χ2v) is 5.41. The molecule has 1 fully saturated rings. The van der Waals surface area contributed by atoms with E-state index in [4.69, 9.17) is 0 Å². The van der Waals surface area contributed by atoms with Gasteiger partial charge < -0.3 is 10.2 Å². The normalized spacial score (nSPS) is 17.1. The third kappa shape index (κ3) is 4.70. The van der Waals surface area contributed by atoms with Gasteiger partial charge in [0.15, 0.2) is 0 Å². The van der Waals surface area contributed by atoms with Gasteiger partial charge in [0.05, 0.1) is 12.6 Å². The SMILES string of the molecule is CN(CC(=O)Nc1ccccc1)C(=O)C1CSCN1.Cl. The lowest BCUT2D eigenvalue weighted by Crippen LogP contribution is -2.45. The minimum atomic E-state index is -0.187. The van der Waals surface area contributed by atoms with Crippen LogP contribution >= 0.6 is 24.2 Å². The first-order chi connectivity index (χ1) is 9.16. The van der Waals surface area contributed by atoms with Crippen LogP contribution in [-0.4, -0.2) is 48.0 Å². The van der Waals surface area contributed by atoms with Crippen molar-refractivity contribution in [1.29, 1.82) is 0 Å². The third-order valence-electron chi connectivity index (χ3n) is 2.83. The van der Waals surface area contributed by atoms with Gasteiger partial charge in [-0.25, -0.2) is 0 Å². The van der Waals surface area contributed by atoms with Crippen LogP contribution in [0.2, 0.25) is 0 Å². The van der Waals surface area contributed by atoms with Gasteiger partial charge in [-0.1, -0.05) is 18.2 Å². The predicted octanol–water partition coefficient (Wildman–Crippen LogP) is 1.17. The van der Waals surface area contributed by atoms with Crippen LogP contribution in [0.3, 0.4) is 0 Å². The number of amides is 2. The maximum Gasteiger partial charge on any atom is 0.243 e. The van der Waals surface area contributed by atoms with Crippen molar-refractivity contribution in [2.75, 3.05) is 30.5 Å². The van der Waals surface area contributed by atoms with Crippen molar-refractivity contribution in [2.45, 2.75) is 6.04 Å². The molecule has 1 aromatic rings. The Labute approximate surface area is 128 Å². The summed E-state index contributed by atoms with van der Waals surface area (Å²) in [6.45, 7) is 0.0660. The van der Waals surface area contributed by atoms with Crippen LogP contribution < -0.4 is 10.6 Å². The number of anilines is 1. The number of carbonyl (C=O) groups excluding carboxylic acids is 2. The van der Waals surface area contributed by atoms with Crippen LogP contribution in [-0.2, 0) is 9.59 Å². The maximum absolute atomic E-state index is 12.0. The van der Waals surface area contributed by atoms with Gasteiger partial charge in [-0.3, -0.25) is 14.9 Å². The van der Waals surface area contributed by atoms with Crippen LogP contribution in [0.5, 0.6) is 0 Å². The van der Waals surface area contributed by atoms with Gasteiger partial charge in [0.2, 0.25) is 11.8 Å². The first kappa shape index (κ1) is 16.8. The molecule has 2 amide bonds. The van der Waals surface area contributed by atoms with E-state index in [1.165, 1.54) is 4.90 Å². The summed E-state index contributed by atoms with van der Waals surface area (Å²) in [4.78, 5) is 25.3. The Bertz CT molecular complexity index is 452. The number of hydrogen-bond acceptors (Lipinski definition) is 4. The topological polar surface area (TPSA) is 61.4 Å². The lowest BCUT2D eigenvalue weighted by molar-refractivity contribution is -0.134. The molecule has 0 bridgehead atoms. The lowest BCUT2D eigenvalue weighted by Gasteiger charge is -2.20. The molecule has 0 radical (unpaired) electrons. The highest BCUT2D eigenvalue weighted by atomic mass is 35.5. The van der Waals surface area contributed by atoms with Crippen LogP contribution in [0, 0.1) is 0 Å². The molecule has 1 aliphatic heterocycles. The lowest BCUT2D eigenvalue weighted by atomic mass is 10.3. The zero-order valence-corrected chi connectivity index (χ0v) is 12.8. The predicted molar refractivity (Wildman–Crippen MR) is 84.2 cm³/mol. The summed E-state index contributed by atoms with van der Waals surface area (Å²) >= 11 is 1.69. The molecule has 2 N–H and O–H groups in total. The maximum atomic E-state index is 12.0. The fraction of sp³-hybridized carbons (Fsp3) is 0.385. The van der Waals surface area contributed by atoms with E-state index in [0.717, 1.165) is 17.3 Å². The van der Waals surface area contributed by atoms with Crippen molar-refractivity contribution in [2.24, 2.45) is 0 Å². The molecular formula is C13H18ClN3O2S.